The molecule has 0 radical (unpaired) electrons. The minimum absolute atomic E-state index is 0.186. The summed E-state index contributed by atoms with van der Waals surface area (Å²) in [5.74, 6) is 0. The minimum atomic E-state index is -0.996. The second kappa shape index (κ2) is 7.03. The second-order valence-corrected chi connectivity index (χ2v) is 5.79. The molecule has 0 saturated heterocycles. The molecule has 8 nitrogen and oxygen atoms in total. The Morgan fingerprint density at radius 3 is 2.33 bits per heavy atom. The highest BCUT2D eigenvalue weighted by Crippen LogP contribution is 2.28. The topological polar surface area (TPSA) is 120 Å². The Balaban J connectivity index is 1.81. The van der Waals surface area contributed by atoms with Gasteiger partial charge in [-0.15, -0.1) is 11.3 Å². The lowest BCUT2D eigenvalue weighted by molar-refractivity contribution is -0.991. The first-order valence-corrected chi connectivity index (χ1v) is 7.80. The predicted octanol–water partition coefficient (Wildman–Crippen LogP) is 1.36. The number of thiazole rings is 1. The van der Waals surface area contributed by atoms with Crippen LogP contribution < -0.4 is 15.8 Å². The average Bonchev–Trinajstić information content (AvgIpc) is 3.03. The Morgan fingerprint density at radius 2 is 1.62 bits per heavy atom. The van der Waals surface area contributed by atoms with Gasteiger partial charge in [-0.3, -0.25) is 0 Å². The Labute approximate surface area is 140 Å². The van der Waals surface area contributed by atoms with Gasteiger partial charge in [0.1, 0.15) is 0 Å². The summed E-state index contributed by atoms with van der Waals surface area (Å²) in [6, 6.07) is 13.0. The fourth-order valence-corrected chi connectivity index (χ4v) is 2.87. The zero-order valence-electron chi connectivity index (χ0n) is 12.3. The van der Waals surface area contributed by atoms with Gasteiger partial charge >= 0.3 is 0 Å². The van der Waals surface area contributed by atoms with Crippen LogP contribution in [0.4, 0.5) is 22.2 Å². The van der Waals surface area contributed by atoms with Gasteiger partial charge in [0, 0.05) is 40.9 Å². The van der Waals surface area contributed by atoms with Gasteiger partial charge in [-0.1, -0.05) is 18.2 Å². The zero-order chi connectivity index (χ0) is 17.1. The van der Waals surface area contributed by atoms with Crippen molar-refractivity contribution >= 4 is 33.5 Å². The van der Waals surface area contributed by atoms with Gasteiger partial charge in [-0.05, 0) is 6.07 Å². The van der Waals surface area contributed by atoms with Gasteiger partial charge in [0.25, 0.3) is 0 Å². The highest BCUT2D eigenvalue weighted by Gasteiger charge is 2.09. The van der Waals surface area contributed by atoms with E-state index in [9.17, 15) is 10.4 Å². The SMILES string of the molecule is [O-][NH+](O)c1cccc(Nc2nc(-c3cccc([NH+]([O-])O)c3)cs2)c1. The van der Waals surface area contributed by atoms with E-state index < -0.39 is 10.5 Å². The van der Waals surface area contributed by atoms with E-state index in [1.54, 1.807) is 30.3 Å². The van der Waals surface area contributed by atoms with Crippen LogP contribution in [-0.4, -0.2) is 15.4 Å². The first-order valence-electron chi connectivity index (χ1n) is 6.92. The molecule has 2 aromatic carbocycles. The third-order valence-electron chi connectivity index (χ3n) is 3.27. The van der Waals surface area contributed by atoms with Gasteiger partial charge < -0.3 is 15.7 Å². The van der Waals surface area contributed by atoms with Crippen molar-refractivity contribution in [2.75, 3.05) is 5.32 Å². The molecular formula is C15H14N4O4S. The molecule has 2 atom stereocenters. The second-order valence-electron chi connectivity index (χ2n) is 4.93. The largest absolute Gasteiger partial charge is 0.595 e. The van der Waals surface area contributed by atoms with Gasteiger partial charge in [-0.2, -0.15) is 10.5 Å². The summed E-state index contributed by atoms with van der Waals surface area (Å²) in [5, 5.41) is 43.6. The molecule has 0 amide bonds. The first kappa shape index (κ1) is 16.5. The third-order valence-corrected chi connectivity index (χ3v) is 4.03. The highest BCUT2D eigenvalue weighted by molar-refractivity contribution is 7.14. The molecule has 0 saturated carbocycles. The highest BCUT2D eigenvalue weighted by atomic mass is 32.1. The van der Waals surface area contributed by atoms with E-state index in [4.69, 9.17) is 10.4 Å². The van der Waals surface area contributed by atoms with E-state index in [1.165, 1.54) is 29.5 Å². The molecule has 0 bridgehead atoms. The molecule has 0 spiro atoms. The van der Waals surface area contributed by atoms with Gasteiger partial charge in [0.05, 0.1) is 5.69 Å². The summed E-state index contributed by atoms with van der Waals surface area (Å²) < 4.78 is 0. The van der Waals surface area contributed by atoms with Crippen molar-refractivity contribution in [2.45, 2.75) is 0 Å². The fraction of sp³-hybridized carbons (Fsp3) is 0. The molecule has 0 aliphatic carbocycles. The van der Waals surface area contributed by atoms with Crippen LogP contribution in [0.1, 0.15) is 0 Å². The standard InChI is InChI=1S/C15H14N4O4S/c20-18(21)12-5-1-3-10(7-12)14-9-24-15(17-14)16-11-4-2-6-13(8-11)19(22)23/h1-9,18-20,22H,(H,16,17). The Bertz CT molecular complexity index is 838. The van der Waals surface area contributed by atoms with Gasteiger partial charge in [-0.25, -0.2) is 15.4 Å². The fourth-order valence-electron chi connectivity index (χ4n) is 2.13. The number of hydrogen-bond acceptors (Lipinski definition) is 7. The maximum atomic E-state index is 11.0. The molecule has 5 N–H and O–H groups in total. The lowest BCUT2D eigenvalue weighted by Gasteiger charge is -2.12. The van der Waals surface area contributed by atoms with Crippen molar-refractivity contribution < 1.29 is 20.9 Å². The number of quaternary nitrogens is 2. The quantitative estimate of drug-likeness (QED) is 0.445. The molecule has 24 heavy (non-hydrogen) atoms. The average molecular weight is 346 g/mol. The molecule has 0 aliphatic rings. The van der Waals surface area contributed by atoms with Crippen molar-refractivity contribution in [2.24, 2.45) is 0 Å². The predicted molar refractivity (Wildman–Crippen MR) is 88.8 cm³/mol. The molecule has 0 fully saturated rings. The summed E-state index contributed by atoms with van der Waals surface area (Å²) in [5.41, 5.74) is 2.36. The van der Waals surface area contributed by atoms with Crippen molar-refractivity contribution in [3.8, 4) is 11.3 Å². The van der Waals surface area contributed by atoms with Crippen LogP contribution in [0.25, 0.3) is 11.3 Å². The number of rotatable bonds is 5. The van der Waals surface area contributed by atoms with Gasteiger partial charge in [0.2, 0.25) is 0 Å². The van der Waals surface area contributed by atoms with E-state index in [0.717, 1.165) is 0 Å². The van der Waals surface area contributed by atoms with E-state index in [2.05, 4.69) is 10.3 Å². The van der Waals surface area contributed by atoms with Crippen molar-refractivity contribution in [1.29, 1.82) is 0 Å². The molecule has 124 valence electrons. The van der Waals surface area contributed by atoms with Crippen LogP contribution >= 0.6 is 11.3 Å². The number of benzene rings is 2. The molecule has 1 heterocycles. The van der Waals surface area contributed by atoms with Crippen LogP contribution in [0, 0.1) is 10.4 Å². The van der Waals surface area contributed by atoms with E-state index in [1.807, 2.05) is 5.38 Å². The summed E-state index contributed by atoms with van der Waals surface area (Å²) in [7, 11) is 0. The number of nitrogens with one attached hydrogen (secondary N) is 3. The molecular weight excluding hydrogens is 332 g/mol. The van der Waals surface area contributed by atoms with Crippen LogP contribution in [0.5, 0.6) is 0 Å². The van der Waals surface area contributed by atoms with Crippen molar-refractivity contribution in [1.82, 2.24) is 4.98 Å². The third kappa shape index (κ3) is 3.75. The molecule has 0 aliphatic heterocycles. The smallest absolute Gasteiger partial charge is 0.187 e. The summed E-state index contributed by atoms with van der Waals surface area (Å²) >= 11 is 1.35. The Morgan fingerprint density at radius 1 is 0.958 bits per heavy atom. The first-order chi connectivity index (χ1) is 11.5. The van der Waals surface area contributed by atoms with E-state index in [0.29, 0.717) is 22.1 Å². The van der Waals surface area contributed by atoms with Crippen LogP contribution in [0.15, 0.2) is 53.9 Å². The van der Waals surface area contributed by atoms with Gasteiger partial charge in [0.15, 0.2) is 16.5 Å². The maximum Gasteiger partial charge on any atom is 0.187 e. The van der Waals surface area contributed by atoms with E-state index in [-0.39, 0.29) is 11.4 Å². The zero-order valence-corrected chi connectivity index (χ0v) is 13.1. The Kier molecular flexibility index (Phi) is 4.83. The normalized spacial score (nSPS) is 13.5. The lowest BCUT2D eigenvalue weighted by atomic mass is 10.1. The summed E-state index contributed by atoms with van der Waals surface area (Å²) in [6.45, 7) is 0. The van der Waals surface area contributed by atoms with Crippen molar-refractivity contribution in [3.63, 3.8) is 0 Å². The van der Waals surface area contributed by atoms with Crippen LogP contribution in [0.2, 0.25) is 0 Å². The van der Waals surface area contributed by atoms with Crippen LogP contribution in [-0.2, 0) is 0 Å². The maximum absolute atomic E-state index is 11.0. The summed E-state index contributed by atoms with van der Waals surface area (Å²) in [6.07, 6.45) is 0. The summed E-state index contributed by atoms with van der Waals surface area (Å²) in [4.78, 5) is 4.42. The molecule has 9 heteroatoms. The molecule has 1 aromatic heterocycles. The molecule has 3 aromatic rings. The van der Waals surface area contributed by atoms with Crippen LogP contribution in [0.3, 0.4) is 0 Å². The number of anilines is 2. The molecule has 3 rings (SSSR count). The number of nitrogens with zero attached hydrogens (tertiary/aromatic N) is 1. The lowest BCUT2D eigenvalue weighted by Crippen LogP contribution is -2.99. The minimum Gasteiger partial charge on any atom is -0.595 e. The Hall–Kier alpha value is -2.37. The van der Waals surface area contributed by atoms with Crippen molar-refractivity contribution in [3.05, 3.63) is 64.3 Å². The number of aromatic nitrogens is 1. The number of hydrogen-bond donors (Lipinski definition) is 5. The monoisotopic (exact) mass is 346 g/mol. The van der Waals surface area contributed by atoms with E-state index >= 15 is 0 Å². The molecule has 2 unspecified atom stereocenters.